The van der Waals surface area contributed by atoms with Crippen LogP contribution >= 0.6 is 11.1 Å². The number of hydrogen-bond donors (Lipinski definition) is 0. The van der Waals surface area contributed by atoms with Crippen molar-refractivity contribution in [2.45, 2.75) is 70.6 Å². The molecule has 0 aliphatic heterocycles. The van der Waals surface area contributed by atoms with Crippen LogP contribution in [0.15, 0.2) is 121 Å². The van der Waals surface area contributed by atoms with Crippen molar-refractivity contribution in [2.75, 3.05) is 14.2 Å². The first kappa shape index (κ1) is 35.8. The van der Waals surface area contributed by atoms with E-state index in [9.17, 15) is 4.79 Å². The zero-order valence-electron chi connectivity index (χ0n) is 28.7. The summed E-state index contributed by atoms with van der Waals surface area (Å²) in [6.45, 7) is 13.6. The quantitative estimate of drug-likeness (QED) is 0.114. The molecule has 4 aromatic rings. The van der Waals surface area contributed by atoms with E-state index in [-0.39, 0.29) is 28.0 Å². The Hall–Kier alpha value is -3.01. The molecule has 46 heavy (non-hydrogen) atoms. The lowest BCUT2D eigenvalue weighted by atomic mass is 9.82. The zero-order chi connectivity index (χ0) is 33.6. The van der Waals surface area contributed by atoms with Gasteiger partial charge in [-0.15, -0.1) is 0 Å². The third-order valence-electron chi connectivity index (χ3n) is 9.17. The van der Waals surface area contributed by atoms with Crippen LogP contribution in [0.5, 0.6) is 0 Å². The summed E-state index contributed by atoms with van der Waals surface area (Å²) in [6, 6.07) is 42.3. The summed E-state index contributed by atoms with van der Waals surface area (Å²) < 4.78 is 7.03. The van der Waals surface area contributed by atoms with Crippen molar-refractivity contribution in [3.63, 3.8) is 0 Å². The standard InChI is InChI=1S/C23H31NO3Si.C16H19ClSi/c1-23(2,3)28(20-12-8-6-9-13-20,21-14-10-7-11-15-21)27-19-16-18(17-19)22(25)24(4)26-5;1-16(2,3)18(17,14-10-6-4-7-11-14)15-12-8-5-9-13-15/h6-15,18-19H,16-17H2,1-5H3;4-13H,1-3H3. The van der Waals surface area contributed by atoms with Crippen molar-refractivity contribution in [1.82, 2.24) is 5.06 Å². The van der Waals surface area contributed by atoms with Crippen LogP contribution in [0.1, 0.15) is 54.4 Å². The third-order valence-corrected chi connectivity index (χ3v) is 21.6. The van der Waals surface area contributed by atoms with Crippen LogP contribution in [0, 0.1) is 5.92 Å². The molecule has 0 saturated heterocycles. The minimum atomic E-state index is -2.54. The molecule has 1 fully saturated rings. The van der Waals surface area contributed by atoms with Crippen LogP contribution in [0.4, 0.5) is 0 Å². The molecular weight excluding hydrogens is 622 g/mol. The summed E-state index contributed by atoms with van der Waals surface area (Å²) in [5.41, 5.74) is 0. The molecule has 0 heterocycles. The van der Waals surface area contributed by atoms with E-state index >= 15 is 0 Å². The van der Waals surface area contributed by atoms with Crippen molar-refractivity contribution in [2.24, 2.45) is 5.92 Å². The fourth-order valence-corrected chi connectivity index (χ4v) is 15.4. The summed E-state index contributed by atoms with van der Waals surface area (Å²) in [5.74, 6) is 0.0120. The smallest absolute Gasteiger partial charge is 0.261 e. The average molecular weight is 672 g/mol. The molecule has 4 aromatic carbocycles. The largest absolute Gasteiger partial charge is 0.404 e. The Morgan fingerprint density at radius 3 is 1.30 bits per heavy atom. The van der Waals surface area contributed by atoms with E-state index in [4.69, 9.17) is 20.3 Å². The van der Waals surface area contributed by atoms with Gasteiger partial charge in [-0.05, 0) is 43.7 Å². The van der Waals surface area contributed by atoms with Crippen LogP contribution in [0.3, 0.4) is 0 Å². The summed E-state index contributed by atoms with van der Waals surface area (Å²) in [4.78, 5) is 17.4. The predicted molar refractivity (Wildman–Crippen MR) is 198 cm³/mol. The number of amides is 1. The number of nitrogens with zero attached hydrogens (tertiary/aromatic N) is 1. The Kier molecular flexibility index (Phi) is 11.6. The lowest BCUT2D eigenvalue weighted by molar-refractivity contribution is -0.179. The summed E-state index contributed by atoms with van der Waals surface area (Å²) >= 11 is 7.21. The van der Waals surface area contributed by atoms with E-state index in [0.717, 1.165) is 12.8 Å². The van der Waals surface area contributed by atoms with Crippen LogP contribution in [-0.4, -0.2) is 46.9 Å². The van der Waals surface area contributed by atoms with Gasteiger partial charge in [-0.1, -0.05) is 163 Å². The second kappa shape index (κ2) is 14.8. The van der Waals surface area contributed by atoms with Crippen LogP contribution in [0.2, 0.25) is 10.1 Å². The molecule has 244 valence electrons. The topological polar surface area (TPSA) is 38.8 Å². The van der Waals surface area contributed by atoms with Gasteiger partial charge in [0, 0.05) is 19.1 Å². The van der Waals surface area contributed by atoms with E-state index in [0.29, 0.717) is 0 Å². The number of halogens is 1. The Balaban J connectivity index is 0.000000230. The van der Waals surface area contributed by atoms with E-state index in [1.807, 2.05) is 12.1 Å². The number of carbonyl (C=O) groups excluding carboxylic acids is 1. The second-order valence-electron chi connectivity index (χ2n) is 14.2. The Morgan fingerprint density at radius 2 is 1.00 bits per heavy atom. The van der Waals surface area contributed by atoms with E-state index < -0.39 is 15.7 Å². The highest BCUT2D eigenvalue weighted by molar-refractivity contribution is 7.35. The van der Waals surface area contributed by atoms with Crippen molar-refractivity contribution in [3.05, 3.63) is 121 Å². The van der Waals surface area contributed by atoms with Crippen LogP contribution in [0.25, 0.3) is 0 Å². The highest BCUT2D eigenvalue weighted by Gasteiger charge is 2.53. The molecule has 1 amide bonds. The van der Waals surface area contributed by atoms with Gasteiger partial charge in [-0.3, -0.25) is 9.63 Å². The maximum atomic E-state index is 12.4. The minimum absolute atomic E-state index is 0.0202. The molecule has 0 bridgehead atoms. The lowest BCUT2D eigenvalue weighted by Crippen LogP contribution is -2.68. The first-order chi connectivity index (χ1) is 21.8. The monoisotopic (exact) mass is 671 g/mol. The molecule has 1 aliphatic rings. The van der Waals surface area contributed by atoms with E-state index in [1.165, 1.54) is 32.9 Å². The normalized spacial score (nSPS) is 16.9. The molecule has 0 unspecified atom stereocenters. The van der Waals surface area contributed by atoms with Crippen molar-refractivity contribution in [3.8, 4) is 0 Å². The Morgan fingerprint density at radius 1 is 0.652 bits per heavy atom. The van der Waals surface area contributed by atoms with Crippen LogP contribution < -0.4 is 20.7 Å². The first-order valence-electron chi connectivity index (χ1n) is 16.2. The van der Waals surface area contributed by atoms with Crippen molar-refractivity contribution < 1.29 is 14.1 Å². The molecule has 1 saturated carbocycles. The number of benzene rings is 4. The van der Waals surface area contributed by atoms with Gasteiger partial charge >= 0.3 is 0 Å². The van der Waals surface area contributed by atoms with Gasteiger partial charge in [0.1, 0.15) is 0 Å². The Bertz CT molecular complexity index is 1440. The zero-order valence-corrected chi connectivity index (χ0v) is 31.4. The van der Waals surface area contributed by atoms with Gasteiger partial charge in [-0.25, -0.2) is 5.06 Å². The maximum Gasteiger partial charge on any atom is 0.261 e. The highest BCUT2D eigenvalue weighted by atomic mass is 35.6. The fourth-order valence-electron chi connectivity index (χ4n) is 6.52. The highest BCUT2D eigenvalue weighted by Crippen LogP contribution is 2.42. The molecule has 4 nitrogen and oxygen atoms in total. The summed E-state index contributed by atoms with van der Waals surface area (Å²) in [5, 5.41) is 6.46. The molecule has 0 radical (unpaired) electrons. The summed E-state index contributed by atoms with van der Waals surface area (Å²) in [7, 11) is -1.58. The predicted octanol–water partition coefficient (Wildman–Crippen LogP) is 7.15. The van der Waals surface area contributed by atoms with Gasteiger partial charge in [0.15, 0.2) is 0 Å². The third kappa shape index (κ3) is 7.42. The second-order valence-corrected chi connectivity index (χ2v) is 24.2. The number of hydrogen-bond acceptors (Lipinski definition) is 3. The molecule has 0 N–H and O–H groups in total. The number of rotatable bonds is 8. The van der Waals surface area contributed by atoms with Gasteiger partial charge in [0.2, 0.25) is 13.3 Å². The summed E-state index contributed by atoms with van der Waals surface area (Å²) in [6.07, 6.45) is 1.58. The number of hydroxylamine groups is 2. The van der Waals surface area contributed by atoms with Gasteiger partial charge < -0.3 is 4.43 Å². The van der Waals surface area contributed by atoms with Crippen molar-refractivity contribution in [1.29, 1.82) is 0 Å². The van der Waals surface area contributed by atoms with Crippen molar-refractivity contribution >= 4 is 53.4 Å². The molecule has 5 rings (SSSR count). The average Bonchev–Trinajstić information content (AvgIpc) is 3.04. The molecule has 0 atom stereocenters. The Labute approximate surface area is 283 Å². The molecule has 1 aliphatic carbocycles. The maximum absolute atomic E-state index is 12.4. The fraction of sp³-hybridized carbons (Fsp3) is 0.359. The molecular formula is C39H50ClNO3Si2. The number of carbonyl (C=O) groups is 1. The molecule has 0 spiro atoms. The van der Waals surface area contributed by atoms with Crippen LogP contribution in [-0.2, 0) is 14.1 Å². The van der Waals surface area contributed by atoms with Gasteiger partial charge in [-0.2, -0.15) is 11.1 Å². The molecule has 7 heteroatoms. The van der Waals surface area contributed by atoms with Gasteiger partial charge in [0.05, 0.1) is 7.11 Å². The lowest BCUT2D eigenvalue weighted by Gasteiger charge is -2.48. The molecule has 0 aromatic heterocycles. The van der Waals surface area contributed by atoms with E-state index in [2.05, 4.69) is 151 Å². The first-order valence-corrected chi connectivity index (χ1v) is 21.1. The van der Waals surface area contributed by atoms with E-state index in [1.54, 1.807) is 7.05 Å². The minimum Gasteiger partial charge on any atom is -0.404 e. The van der Waals surface area contributed by atoms with Gasteiger partial charge in [0.25, 0.3) is 8.32 Å². The SMILES string of the molecule is CC(C)(C)[Si](Cl)(c1ccccc1)c1ccccc1.CON(C)C(=O)C1CC(O[Si](c2ccccc2)(c2ccccc2)C(C)(C)C)C1.